The van der Waals surface area contributed by atoms with Gasteiger partial charge in [-0.15, -0.1) is 0 Å². The Labute approximate surface area is 72.4 Å². The third-order valence-electron chi connectivity index (χ3n) is 1.33. The van der Waals surface area contributed by atoms with Gasteiger partial charge in [-0.2, -0.15) is 0 Å². The van der Waals surface area contributed by atoms with E-state index in [1.54, 1.807) is 6.92 Å². The van der Waals surface area contributed by atoms with Crippen molar-refractivity contribution in [3.8, 4) is 0 Å². The summed E-state index contributed by atoms with van der Waals surface area (Å²) in [5, 5.41) is 0. The van der Waals surface area contributed by atoms with Crippen LogP contribution in [0.5, 0.6) is 0 Å². The van der Waals surface area contributed by atoms with Crippen molar-refractivity contribution in [3.63, 3.8) is 0 Å². The molecule has 1 unspecified atom stereocenters. The second-order valence-corrected chi connectivity index (χ2v) is 4.47. The molecule has 0 saturated heterocycles. The van der Waals surface area contributed by atoms with E-state index in [0.29, 0.717) is 13.0 Å². The van der Waals surface area contributed by atoms with E-state index in [1.807, 2.05) is 4.72 Å². The molecule has 0 aliphatic carbocycles. The number of nitrogens with one attached hydrogen (secondary N) is 1. The van der Waals surface area contributed by atoms with Crippen LogP contribution in [0.15, 0.2) is 0 Å². The number of carbonyl (C=O) groups is 1. The predicted octanol–water partition coefficient (Wildman–Crippen LogP) is -0.953. The van der Waals surface area contributed by atoms with Gasteiger partial charge in [0.2, 0.25) is 15.9 Å². The zero-order valence-corrected chi connectivity index (χ0v) is 8.02. The lowest BCUT2D eigenvalue weighted by atomic mass is 10.1. The molecule has 0 radical (unpaired) electrons. The highest BCUT2D eigenvalue weighted by atomic mass is 32.2. The molecule has 12 heavy (non-hydrogen) atoms. The molecular weight excluding hydrogens is 180 g/mol. The van der Waals surface area contributed by atoms with Gasteiger partial charge in [-0.1, -0.05) is 6.92 Å². The van der Waals surface area contributed by atoms with Crippen molar-refractivity contribution in [2.75, 3.05) is 12.8 Å². The smallest absolute Gasteiger partial charge is 0.236 e. The van der Waals surface area contributed by atoms with Crippen LogP contribution >= 0.6 is 0 Å². The van der Waals surface area contributed by atoms with Crippen molar-refractivity contribution < 1.29 is 13.2 Å². The van der Waals surface area contributed by atoms with E-state index in [4.69, 9.17) is 5.73 Å². The zero-order chi connectivity index (χ0) is 9.78. The lowest BCUT2D eigenvalue weighted by Crippen LogP contribution is -2.34. The van der Waals surface area contributed by atoms with Crippen LogP contribution in [0.25, 0.3) is 0 Å². The number of sulfonamides is 1. The Morgan fingerprint density at radius 2 is 2.08 bits per heavy atom. The summed E-state index contributed by atoms with van der Waals surface area (Å²) in [6, 6.07) is 0. The second kappa shape index (κ2) is 4.42. The van der Waals surface area contributed by atoms with Gasteiger partial charge in [0, 0.05) is 5.92 Å². The number of nitrogens with two attached hydrogens (primary N) is 1. The first-order chi connectivity index (χ1) is 5.37. The van der Waals surface area contributed by atoms with Crippen molar-refractivity contribution in [2.24, 2.45) is 11.7 Å². The van der Waals surface area contributed by atoms with Crippen LogP contribution in [-0.4, -0.2) is 27.1 Å². The molecule has 5 nitrogen and oxygen atoms in total. The van der Waals surface area contributed by atoms with Crippen LogP contribution in [0.2, 0.25) is 0 Å². The van der Waals surface area contributed by atoms with Gasteiger partial charge in [0.25, 0.3) is 0 Å². The van der Waals surface area contributed by atoms with Crippen LogP contribution in [-0.2, 0) is 14.8 Å². The number of hydrogen-bond acceptors (Lipinski definition) is 4. The first-order valence-corrected chi connectivity index (χ1v) is 5.47. The van der Waals surface area contributed by atoms with Crippen molar-refractivity contribution in [1.82, 2.24) is 4.72 Å². The quantitative estimate of drug-likeness (QED) is 0.603. The molecular formula is C6H14N2O3S. The predicted molar refractivity (Wildman–Crippen MR) is 45.8 cm³/mol. The van der Waals surface area contributed by atoms with E-state index in [-0.39, 0.29) is 5.92 Å². The van der Waals surface area contributed by atoms with Crippen molar-refractivity contribution in [3.05, 3.63) is 0 Å². The molecule has 0 saturated carbocycles. The van der Waals surface area contributed by atoms with Gasteiger partial charge in [0.1, 0.15) is 0 Å². The summed E-state index contributed by atoms with van der Waals surface area (Å²) in [5.41, 5.74) is 5.20. The minimum Gasteiger partial charge on any atom is -0.330 e. The van der Waals surface area contributed by atoms with E-state index < -0.39 is 15.9 Å². The molecule has 0 aromatic heterocycles. The Balaban J connectivity index is 4.05. The minimum atomic E-state index is -3.43. The van der Waals surface area contributed by atoms with Gasteiger partial charge in [0.15, 0.2) is 0 Å². The summed E-state index contributed by atoms with van der Waals surface area (Å²) < 4.78 is 23.1. The minimum absolute atomic E-state index is 0.357. The van der Waals surface area contributed by atoms with Gasteiger partial charge in [0.05, 0.1) is 6.26 Å². The standard InChI is InChI=1S/C6H14N2O3S/c1-5(3-4-7)6(9)8-12(2,10)11/h5H,3-4,7H2,1-2H3,(H,8,9). The van der Waals surface area contributed by atoms with Gasteiger partial charge in [-0.25, -0.2) is 8.42 Å². The topological polar surface area (TPSA) is 89.3 Å². The highest BCUT2D eigenvalue weighted by Gasteiger charge is 2.15. The van der Waals surface area contributed by atoms with Crippen molar-refractivity contribution >= 4 is 15.9 Å². The molecule has 0 aromatic rings. The lowest BCUT2D eigenvalue weighted by molar-refractivity contribution is -0.122. The Hall–Kier alpha value is -0.620. The van der Waals surface area contributed by atoms with Crippen molar-refractivity contribution in [2.45, 2.75) is 13.3 Å². The maximum absolute atomic E-state index is 11.0. The highest BCUT2D eigenvalue weighted by molar-refractivity contribution is 7.89. The molecule has 0 bridgehead atoms. The molecule has 0 aliphatic heterocycles. The fourth-order valence-corrected chi connectivity index (χ4v) is 1.23. The number of amides is 1. The van der Waals surface area contributed by atoms with Crippen LogP contribution in [0.4, 0.5) is 0 Å². The molecule has 0 fully saturated rings. The second-order valence-electron chi connectivity index (χ2n) is 2.72. The summed E-state index contributed by atoms with van der Waals surface area (Å²) in [7, 11) is -3.43. The van der Waals surface area contributed by atoms with Crippen molar-refractivity contribution in [1.29, 1.82) is 0 Å². The molecule has 0 aliphatic rings. The highest BCUT2D eigenvalue weighted by Crippen LogP contribution is 1.99. The van der Waals surface area contributed by atoms with Gasteiger partial charge >= 0.3 is 0 Å². The largest absolute Gasteiger partial charge is 0.330 e. The van der Waals surface area contributed by atoms with E-state index in [1.165, 1.54) is 0 Å². The zero-order valence-electron chi connectivity index (χ0n) is 7.20. The Bertz CT molecular complexity index is 248. The van der Waals surface area contributed by atoms with Crippen LogP contribution in [0.3, 0.4) is 0 Å². The van der Waals surface area contributed by atoms with Crippen LogP contribution in [0, 0.1) is 5.92 Å². The maximum Gasteiger partial charge on any atom is 0.236 e. The van der Waals surface area contributed by atoms with E-state index in [2.05, 4.69) is 0 Å². The Kier molecular flexibility index (Phi) is 4.19. The molecule has 0 aromatic carbocycles. The normalized spacial score (nSPS) is 13.9. The Morgan fingerprint density at radius 3 is 2.42 bits per heavy atom. The molecule has 6 heteroatoms. The molecule has 3 N–H and O–H groups in total. The average Bonchev–Trinajstić information content (AvgIpc) is 1.84. The van der Waals surface area contributed by atoms with Gasteiger partial charge in [-0.05, 0) is 13.0 Å². The fourth-order valence-electron chi connectivity index (χ4n) is 0.664. The summed E-state index contributed by atoms with van der Waals surface area (Å²) in [6.07, 6.45) is 1.43. The molecule has 0 spiro atoms. The van der Waals surface area contributed by atoms with Crippen LogP contribution in [0.1, 0.15) is 13.3 Å². The molecule has 1 atom stereocenters. The lowest BCUT2D eigenvalue weighted by Gasteiger charge is -2.08. The molecule has 72 valence electrons. The van der Waals surface area contributed by atoms with E-state index in [0.717, 1.165) is 6.26 Å². The number of hydrogen-bond donors (Lipinski definition) is 2. The third kappa shape index (κ3) is 5.09. The maximum atomic E-state index is 11.0. The monoisotopic (exact) mass is 194 g/mol. The first kappa shape index (κ1) is 11.4. The first-order valence-electron chi connectivity index (χ1n) is 3.58. The van der Waals surface area contributed by atoms with Gasteiger partial charge in [-0.3, -0.25) is 9.52 Å². The summed E-state index contributed by atoms with van der Waals surface area (Å²) in [5.74, 6) is -0.854. The van der Waals surface area contributed by atoms with Gasteiger partial charge < -0.3 is 5.73 Å². The molecule has 0 heterocycles. The fraction of sp³-hybridized carbons (Fsp3) is 0.833. The van der Waals surface area contributed by atoms with E-state index >= 15 is 0 Å². The summed E-state index contributed by atoms with van der Waals surface area (Å²) in [4.78, 5) is 11.0. The molecule has 1 amide bonds. The van der Waals surface area contributed by atoms with Crippen LogP contribution < -0.4 is 10.5 Å². The SMILES string of the molecule is CC(CCN)C(=O)NS(C)(=O)=O. The Morgan fingerprint density at radius 1 is 1.58 bits per heavy atom. The summed E-state index contributed by atoms with van der Waals surface area (Å²) in [6.45, 7) is 2.01. The number of carbonyl (C=O) groups excluding carboxylic acids is 1. The molecule has 0 rings (SSSR count). The number of rotatable bonds is 4. The summed E-state index contributed by atoms with van der Waals surface area (Å²) >= 11 is 0. The third-order valence-corrected chi connectivity index (χ3v) is 1.91. The average molecular weight is 194 g/mol. The van der Waals surface area contributed by atoms with E-state index in [9.17, 15) is 13.2 Å².